The molecular formula is C16H19ClN4. The molecule has 2 heterocycles. The number of rotatable bonds is 4. The zero-order valence-electron chi connectivity index (χ0n) is 12.3. The number of fused-ring (bicyclic) bond motifs is 1. The van der Waals surface area contributed by atoms with E-state index in [9.17, 15) is 0 Å². The first-order valence-electron chi connectivity index (χ1n) is 7.14. The summed E-state index contributed by atoms with van der Waals surface area (Å²) in [6.45, 7) is 6.07. The molecule has 2 N–H and O–H groups in total. The molecule has 0 unspecified atom stereocenters. The van der Waals surface area contributed by atoms with Gasteiger partial charge in [0.05, 0.1) is 23.0 Å². The van der Waals surface area contributed by atoms with E-state index in [1.807, 2.05) is 23.7 Å². The molecule has 0 saturated carbocycles. The van der Waals surface area contributed by atoms with Crippen LogP contribution in [0.2, 0.25) is 5.02 Å². The van der Waals surface area contributed by atoms with Crippen molar-refractivity contribution >= 4 is 22.5 Å². The molecule has 0 atom stereocenters. The number of nitrogens with two attached hydrogens (primary N) is 1. The Morgan fingerprint density at radius 1 is 1.29 bits per heavy atom. The molecule has 0 aliphatic heterocycles. The number of hydrogen-bond donors (Lipinski definition) is 1. The van der Waals surface area contributed by atoms with Crippen molar-refractivity contribution in [1.29, 1.82) is 0 Å². The summed E-state index contributed by atoms with van der Waals surface area (Å²) >= 11 is 6.41. The number of hydrogen-bond acceptors (Lipinski definition) is 2. The van der Waals surface area contributed by atoms with Gasteiger partial charge < -0.3 is 10.3 Å². The summed E-state index contributed by atoms with van der Waals surface area (Å²) in [5.74, 6) is 0. The number of benzene rings is 1. The fourth-order valence-electron chi connectivity index (χ4n) is 2.80. The van der Waals surface area contributed by atoms with Crippen LogP contribution in [0.3, 0.4) is 0 Å². The molecule has 3 aromatic rings. The Kier molecular flexibility index (Phi) is 3.74. The maximum Gasteiger partial charge on any atom is 0.0865 e. The van der Waals surface area contributed by atoms with E-state index in [4.69, 9.17) is 17.3 Å². The van der Waals surface area contributed by atoms with Crippen molar-refractivity contribution < 1.29 is 0 Å². The van der Waals surface area contributed by atoms with Gasteiger partial charge in [-0.2, -0.15) is 5.10 Å². The molecule has 21 heavy (non-hydrogen) atoms. The van der Waals surface area contributed by atoms with Crippen LogP contribution in [0, 0.1) is 6.92 Å². The third kappa shape index (κ3) is 2.34. The first-order chi connectivity index (χ1) is 10.2. The highest BCUT2D eigenvalue weighted by Gasteiger charge is 2.15. The van der Waals surface area contributed by atoms with Crippen LogP contribution < -0.4 is 5.73 Å². The van der Waals surface area contributed by atoms with E-state index in [0.717, 1.165) is 28.5 Å². The van der Waals surface area contributed by atoms with Gasteiger partial charge in [0, 0.05) is 30.2 Å². The number of aromatic nitrogens is 3. The van der Waals surface area contributed by atoms with Crippen molar-refractivity contribution in [1.82, 2.24) is 14.3 Å². The lowest BCUT2D eigenvalue weighted by atomic mass is 10.2. The quantitative estimate of drug-likeness (QED) is 0.803. The second-order valence-electron chi connectivity index (χ2n) is 5.17. The lowest BCUT2D eigenvalue weighted by Gasteiger charge is -2.08. The van der Waals surface area contributed by atoms with Crippen LogP contribution in [-0.2, 0) is 19.6 Å². The van der Waals surface area contributed by atoms with Gasteiger partial charge in [-0.1, -0.05) is 29.8 Å². The van der Waals surface area contributed by atoms with Crippen LogP contribution in [0.15, 0.2) is 30.5 Å². The molecule has 2 aromatic heterocycles. The van der Waals surface area contributed by atoms with E-state index in [0.29, 0.717) is 13.1 Å². The third-order valence-corrected chi connectivity index (χ3v) is 4.36. The molecule has 1 aromatic carbocycles. The van der Waals surface area contributed by atoms with Crippen molar-refractivity contribution in [2.24, 2.45) is 5.73 Å². The Bertz CT molecular complexity index is 785. The maximum atomic E-state index is 6.41. The molecule has 0 spiro atoms. The van der Waals surface area contributed by atoms with E-state index in [1.165, 1.54) is 10.9 Å². The molecule has 0 amide bonds. The maximum absolute atomic E-state index is 6.41. The van der Waals surface area contributed by atoms with Crippen molar-refractivity contribution in [3.05, 3.63) is 52.4 Å². The van der Waals surface area contributed by atoms with Gasteiger partial charge in [0.15, 0.2) is 0 Å². The van der Waals surface area contributed by atoms with E-state index in [-0.39, 0.29) is 0 Å². The van der Waals surface area contributed by atoms with Gasteiger partial charge in [0.25, 0.3) is 0 Å². The van der Waals surface area contributed by atoms with Crippen molar-refractivity contribution in [2.45, 2.75) is 33.5 Å². The van der Waals surface area contributed by atoms with Crippen LogP contribution in [-0.4, -0.2) is 14.3 Å². The van der Waals surface area contributed by atoms with E-state index < -0.39 is 0 Å². The van der Waals surface area contributed by atoms with Crippen LogP contribution in [0.5, 0.6) is 0 Å². The summed E-state index contributed by atoms with van der Waals surface area (Å²) in [5.41, 5.74) is 10.1. The van der Waals surface area contributed by atoms with Crippen LogP contribution in [0.1, 0.15) is 23.9 Å². The molecule has 5 heteroatoms. The predicted molar refractivity (Wildman–Crippen MR) is 86.6 cm³/mol. The summed E-state index contributed by atoms with van der Waals surface area (Å²) in [6, 6.07) is 8.31. The van der Waals surface area contributed by atoms with E-state index in [1.54, 1.807) is 0 Å². The monoisotopic (exact) mass is 302 g/mol. The van der Waals surface area contributed by atoms with Crippen molar-refractivity contribution in [2.75, 3.05) is 0 Å². The van der Waals surface area contributed by atoms with Gasteiger partial charge in [-0.3, -0.25) is 4.68 Å². The largest absolute Gasteiger partial charge is 0.341 e. The summed E-state index contributed by atoms with van der Waals surface area (Å²) in [7, 11) is 0. The average molecular weight is 303 g/mol. The molecule has 0 radical (unpaired) electrons. The summed E-state index contributed by atoms with van der Waals surface area (Å²) in [4.78, 5) is 0. The van der Waals surface area contributed by atoms with Gasteiger partial charge in [-0.05, 0) is 25.5 Å². The Hall–Kier alpha value is -1.78. The highest BCUT2D eigenvalue weighted by Crippen LogP contribution is 2.25. The summed E-state index contributed by atoms with van der Waals surface area (Å²) in [6.07, 6.45) is 2.11. The highest BCUT2D eigenvalue weighted by molar-refractivity contribution is 6.31. The standard InChI is InChI=1S/C16H19ClN4/c1-3-21-15(16(17)11(2)19-21)10-20-9-12(8-18)13-6-4-5-7-14(13)20/h4-7,9H,3,8,10,18H2,1-2H3. The molecule has 0 aliphatic rings. The minimum absolute atomic E-state index is 0.535. The molecule has 110 valence electrons. The topological polar surface area (TPSA) is 48.8 Å². The minimum atomic E-state index is 0.535. The predicted octanol–water partition coefficient (Wildman–Crippen LogP) is 3.33. The third-order valence-electron chi connectivity index (χ3n) is 3.86. The Morgan fingerprint density at radius 2 is 2.05 bits per heavy atom. The normalized spacial score (nSPS) is 11.4. The molecule has 0 saturated heterocycles. The SMILES string of the molecule is CCn1nc(C)c(Cl)c1Cn1cc(CN)c2ccccc21. The molecule has 0 aliphatic carbocycles. The van der Waals surface area contributed by atoms with Gasteiger partial charge in [0.2, 0.25) is 0 Å². The van der Waals surface area contributed by atoms with Crippen LogP contribution in [0.25, 0.3) is 10.9 Å². The van der Waals surface area contributed by atoms with Gasteiger partial charge in [0.1, 0.15) is 0 Å². The lowest BCUT2D eigenvalue weighted by Crippen LogP contribution is -2.07. The highest BCUT2D eigenvalue weighted by atomic mass is 35.5. The second-order valence-corrected chi connectivity index (χ2v) is 5.54. The Morgan fingerprint density at radius 3 is 2.76 bits per heavy atom. The van der Waals surface area contributed by atoms with Crippen molar-refractivity contribution in [3.63, 3.8) is 0 Å². The molecule has 0 fully saturated rings. The smallest absolute Gasteiger partial charge is 0.0865 e. The van der Waals surface area contributed by atoms with E-state index >= 15 is 0 Å². The van der Waals surface area contributed by atoms with Crippen LogP contribution in [0.4, 0.5) is 0 Å². The van der Waals surface area contributed by atoms with Gasteiger partial charge in [-0.15, -0.1) is 0 Å². The average Bonchev–Trinajstić information content (AvgIpc) is 3.00. The zero-order valence-corrected chi connectivity index (χ0v) is 13.1. The number of halogens is 1. The minimum Gasteiger partial charge on any atom is -0.341 e. The zero-order chi connectivity index (χ0) is 15.0. The molecule has 0 bridgehead atoms. The first-order valence-corrected chi connectivity index (χ1v) is 7.52. The van der Waals surface area contributed by atoms with Gasteiger partial charge >= 0.3 is 0 Å². The number of nitrogens with zero attached hydrogens (tertiary/aromatic N) is 3. The Balaban J connectivity index is 2.10. The lowest BCUT2D eigenvalue weighted by molar-refractivity contribution is 0.601. The molecule has 4 nitrogen and oxygen atoms in total. The van der Waals surface area contributed by atoms with Crippen molar-refractivity contribution in [3.8, 4) is 0 Å². The van der Waals surface area contributed by atoms with Crippen LogP contribution >= 0.6 is 11.6 Å². The second kappa shape index (κ2) is 5.54. The fourth-order valence-corrected chi connectivity index (χ4v) is 2.99. The molecule has 3 rings (SSSR count). The summed E-state index contributed by atoms with van der Waals surface area (Å²) in [5, 5.41) is 6.44. The summed E-state index contributed by atoms with van der Waals surface area (Å²) < 4.78 is 4.17. The Labute approximate surface area is 129 Å². The molecular weight excluding hydrogens is 284 g/mol. The number of para-hydroxylation sites is 1. The number of aryl methyl sites for hydroxylation is 2. The van der Waals surface area contributed by atoms with Gasteiger partial charge in [-0.25, -0.2) is 0 Å². The van der Waals surface area contributed by atoms with E-state index in [2.05, 4.69) is 34.9 Å². The fraction of sp³-hybridized carbons (Fsp3) is 0.312. The first kappa shape index (κ1) is 14.2.